The number of piperidine rings is 1. The van der Waals surface area contributed by atoms with E-state index in [0.717, 1.165) is 0 Å². The zero-order valence-electron chi connectivity index (χ0n) is 14.3. The summed E-state index contributed by atoms with van der Waals surface area (Å²) >= 11 is 5.89. The van der Waals surface area contributed by atoms with Crippen LogP contribution in [0.1, 0.15) is 33.6 Å². The third kappa shape index (κ3) is 4.49. The predicted molar refractivity (Wildman–Crippen MR) is 95.4 cm³/mol. The molecule has 1 aromatic rings. The molecule has 0 radical (unpaired) electrons. The maximum Gasteiger partial charge on any atom is 0.243 e. The van der Waals surface area contributed by atoms with Gasteiger partial charge in [-0.2, -0.15) is 4.31 Å². The summed E-state index contributed by atoms with van der Waals surface area (Å²) in [6, 6.07) is 6.39. The predicted octanol–water partition coefficient (Wildman–Crippen LogP) is 2.90. The van der Waals surface area contributed by atoms with E-state index in [-0.39, 0.29) is 22.8 Å². The van der Waals surface area contributed by atoms with Crippen LogP contribution in [0.5, 0.6) is 0 Å². The molecule has 0 aliphatic carbocycles. The highest BCUT2D eigenvalue weighted by atomic mass is 35.5. The number of carbonyl (C=O) groups is 1. The van der Waals surface area contributed by atoms with Crippen molar-refractivity contribution in [2.75, 3.05) is 13.1 Å². The Hall–Kier alpha value is -1.11. The summed E-state index contributed by atoms with van der Waals surface area (Å²) in [7, 11) is -3.55. The molecule has 1 heterocycles. The van der Waals surface area contributed by atoms with Crippen molar-refractivity contribution >= 4 is 27.5 Å². The van der Waals surface area contributed by atoms with Crippen LogP contribution in [0.2, 0.25) is 5.02 Å². The van der Waals surface area contributed by atoms with Gasteiger partial charge in [0.05, 0.1) is 4.90 Å². The highest BCUT2D eigenvalue weighted by molar-refractivity contribution is 7.89. The highest BCUT2D eigenvalue weighted by Gasteiger charge is 2.32. The van der Waals surface area contributed by atoms with Crippen LogP contribution < -0.4 is 5.32 Å². The third-order valence-electron chi connectivity index (χ3n) is 4.63. The van der Waals surface area contributed by atoms with Gasteiger partial charge in [0.25, 0.3) is 0 Å². The number of benzene rings is 1. The Balaban J connectivity index is 1.98. The van der Waals surface area contributed by atoms with Gasteiger partial charge in [-0.05, 0) is 43.9 Å². The summed E-state index contributed by atoms with van der Waals surface area (Å²) in [4.78, 5) is 12.5. The number of halogens is 1. The Morgan fingerprint density at radius 3 is 2.42 bits per heavy atom. The van der Waals surface area contributed by atoms with E-state index in [0.29, 0.717) is 36.9 Å². The summed E-state index contributed by atoms with van der Waals surface area (Å²) in [6.07, 6.45) is 1.08. The topological polar surface area (TPSA) is 66.5 Å². The first kappa shape index (κ1) is 19.2. The molecule has 0 bridgehead atoms. The number of hydrogen-bond donors (Lipinski definition) is 1. The van der Waals surface area contributed by atoms with Gasteiger partial charge in [0.1, 0.15) is 0 Å². The zero-order chi connectivity index (χ0) is 17.9. The molecule has 0 aromatic heterocycles. The van der Waals surface area contributed by atoms with Crippen LogP contribution in [0, 0.1) is 11.8 Å². The molecular weight excluding hydrogens is 348 g/mol. The molecule has 1 N–H and O–H groups in total. The molecule has 5 nitrogen and oxygen atoms in total. The van der Waals surface area contributed by atoms with Crippen LogP contribution in [-0.4, -0.2) is 37.8 Å². The first-order chi connectivity index (χ1) is 11.2. The fraction of sp³-hybridized carbons (Fsp3) is 0.588. The normalized spacial score (nSPS) is 18.5. The van der Waals surface area contributed by atoms with Crippen LogP contribution in [0.15, 0.2) is 29.2 Å². The van der Waals surface area contributed by atoms with Gasteiger partial charge in [-0.1, -0.05) is 31.5 Å². The Labute approximate surface area is 149 Å². The number of nitrogens with one attached hydrogen (secondary N) is 1. The maximum atomic E-state index is 12.6. The van der Waals surface area contributed by atoms with Crippen molar-refractivity contribution in [3.63, 3.8) is 0 Å². The first-order valence-electron chi connectivity index (χ1n) is 8.28. The second-order valence-electron chi connectivity index (χ2n) is 6.68. The number of amides is 1. The number of sulfonamides is 1. The Morgan fingerprint density at radius 1 is 1.25 bits per heavy atom. The van der Waals surface area contributed by atoms with Gasteiger partial charge in [-0.3, -0.25) is 4.79 Å². The molecule has 24 heavy (non-hydrogen) atoms. The highest BCUT2D eigenvalue weighted by Crippen LogP contribution is 2.25. The van der Waals surface area contributed by atoms with Crippen molar-refractivity contribution in [1.29, 1.82) is 0 Å². The van der Waals surface area contributed by atoms with Crippen LogP contribution >= 0.6 is 11.6 Å². The molecule has 1 aromatic carbocycles. The van der Waals surface area contributed by atoms with E-state index >= 15 is 0 Å². The molecule has 7 heteroatoms. The number of hydrogen-bond acceptors (Lipinski definition) is 3. The lowest BCUT2D eigenvalue weighted by atomic mass is 9.96. The van der Waals surface area contributed by atoms with E-state index in [1.54, 1.807) is 18.2 Å². The van der Waals surface area contributed by atoms with Crippen molar-refractivity contribution < 1.29 is 13.2 Å². The van der Waals surface area contributed by atoms with Crippen LogP contribution in [0.3, 0.4) is 0 Å². The largest absolute Gasteiger partial charge is 0.353 e. The van der Waals surface area contributed by atoms with Crippen molar-refractivity contribution in [3.05, 3.63) is 29.3 Å². The van der Waals surface area contributed by atoms with Crippen molar-refractivity contribution in [1.82, 2.24) is 9.62 Å². The fourth-order valence-electron chi connectivity index (χ4n) is 2.64. The van der Waals surface area contributed by atoms with E-state index in [1.165, 1.54) is 10.4 Å². The number of rotatable bonds is 5. The van der Waals surface area contributed by atoms with Gasteiger partial charge < -0.3 is 5.32 Å². The molecule has 134 valence electrons. The Morgan fingerprint density at radius 2 is 1.88 bits per heavy atom. The molecule has 0 spiro atoms. The molecule has 1 unspecified atom stereocenters. The van der Waals surface area contributed by atoms with Crippen molar-refractivity contribution in [3.8, 4) is 0 Å². The average molecular weight is 373 g/mol. The summed E-state index contributed by atoms with van der Waals surface area (Å²) in [5, 5.41) is 3.41. The molecule has 1 fully saturated rings. The Bertz CT molecular complexity index is 683. The molecule has 1 aliphatic heterocycles. The third-order valence-corrected chi connectivity index (χ3v) is 6.76. The lowest BCUT2D eigenvalue weighted by Gasteiger charge is -2.31. The first-order valence-corrected chi connectivity index (χ1v) is 10.1. The summed E-state index contributed by atoms with van der Waals surface area (Å²) in [5.41, 5.74) is 0. The zero-order valence-corrected chi connectivity index (χ0v) is 15.9. The monoisotopic (exact) mass is 372 g/mol. The average Bonchev–Trinajstić information content (AvgIpc) is 2.54. The molecule has 2 rings (SSSR count). The maximum absolute atomic E-state index is 12.6. The van der Waals surface area contributed by atoms with E-state index in [1.807, 2.05) is 6.92 Å². The molecular formula is C17H25ClN2O3S. The van der Waals surface area contributed by atoms with Gasteiger partial charge in [0, 0.05) is 30.1 Å². The molecule has 0 saturated carbocycles. The summed E-state index contributed by atoms with van der Waals surface area (Å²) in [5.74, 6) is 0.269. The van der Waals surface area contributed by atoms with E-state index < -0.39 is 10.0 Å². The smallest absolute Gasteiger partial charge is 0.243 e. The summed E-state index contributed by atoms with van der Waals surface area (Å²) in [6.45, 7) is 6.81. The minimum atomic E-state index is -3.55. The van der Waals surface area contributed by atoms with Gasteiger partial charge in [0.2, 0.25) is 15.9 Å². The van der Waals surface area contributed by atoms with Gasteiger partial charge >= 0.3 is 0 Å². The van der Waals surface area contributed by atoms with Crippen molar-refractivity contribution in [2.24, 2.45) is 11.8 Å². The number of carbonyl (C=O) groups excluding carboxylic acids is 1. The van der Waals surface area contributed by atoms with Gasteiger partial charge in [-0.15, -0.1) is 0 Å². The van der Waals surface area contributed by atoms with Crippen LogP contribution in [0.25, 0.3) is 0 Å². The lowest BCUT2D eigenvalue weighted by molar-refractivity contribution is -0.127. The SMILES string of the molecule is CC(C)C(C)NC(=O)C1CCN(S(=O)(=O)c2cccc(Cl)c2)CC1. The standard InChI is InChI=1S/C17H25ClN2O3S/c1-12(2)13(3)19-17(21)14-7-9-20(10-8-14)24(22,23)16-6-4-5-15(18)11-16/h4-6,11-14H,7-10H2,1-3H3,(H,19,21). The van der Waals surface area contributed by atoms with Crippen LogP contribution in [0.4, 0.5) is 0 Å². The molecule has 1 saturated heterocycles. The lowest BCUT2D eigenvalue weighted by Crippen LogP contribution is -2.45. The van der Waals surface area contributed by atoms with E-state index in [2.05, 4.69) is 19.2 Å². The second kappa shape index (κ2) is 7.85. The van der Waals surface area contributed by atoms with E-state index in [4.69, 9.17) is 11.6 Å². The second-order valence-corrected chi connectivity index (χ2v) is 9.05. The van der Waals surface area contributed by atoms with Crippen LogP contribution in [-0.2, 0) is 14.8 Å². The molecule has 1 atom stereocenters. The van der Waals surface area contributed by atoms with E-state index in [9.17, 15) is 13.2 Å². The minimum Gasteiger partial charge on any atom is -0.353 e. The Kier molecular flexibility index (Phi) is 6.28. The minimum absolute atomic E-state index is 0.0241. The van der Waals surface area contributed by atoms with Gasteiger partial charge in [0.15, 0.2) is 0 Å². The molecule has 1 amide bonds. The van der Waals surface area contributed by atoms with Crippen molar-refractivity contribution in [2.45, 2.75) is 44.6 Å². The quantitative estimate of drug-likeness (QED) is 0.864. The molecule has 1 aliphatic rings. The van der Waals surface area contributed by atoms with Gasteiger partial charge in [-0.25, -0.2) is 8.42 Å². The fourth-order valence-corrected chi connectivity index (χ4v) is 4.41. The summed E-state index contributed by atoms with van der Waals surface area (Å²) < 4.78 is 26.7. The number of nitrogens with zero attached hydrogens (tertiary/aromatic N) is 1.